The van der Waals surface area contributed by atoms with Crippen LogP contribution in [0.1, 0.15) is 12.6 Å². The van der Waals surface area contributed by atoms with Gasteiger partial charge in [0.25, 0.3) is 0 Å². The maximum Gasteiger partial charge on any atom is 0.147 e. The van der Waals surface area contributed by atoms with Crippen LogP contribution in [-0.4, -0.2) is 28.4 Å². The van der Waals surface area contributed by atoms with Gasteiger partial charge in [0.2, 0.25) is 0 Å². The zero-order valence-electron chi connectivity index (χ0n) is 6.86. The Kier molecular flexibility index (Phi) is 1.74. The van der Waals surface area contributed by atoms with E-state index in [0.29, 0.717) is 6.04 Å². The second kappa shape index (κ2) is 2.89. The normalized spacial score (nSPS) is 21.8. The third kappa shape index (κ3) is 1.28. The Hall–Kier alpha value is -1.45. The first-order chi connectivity index (χ1) is 5.86. The maximum atomic E-state index is 4.30. The molecule has 2 heterocycles. The van der Waals surface area contributed by atoms with Crippen LogP contribution < -0.4 is 5.32 Å². The van der Waals surface area contributed by atoms with Crippen LogP contribution in [0, 0.1) is 0 Å². The van der Waals surface area contributed by atoms with E-state index in [1.165, 1.54) is 6.33 Å². The first-order valence-electron chi connectivity index (χ1n) is 3.93. The van der Waals surface area contributed by atoms with Gasteiger partial charge in [0.05, 0.1) is 6.54 Å². The number of hydrogen-bond donors (Lipinski definition) is 1. The molecule has 4 nitrogen and oxygen atoms in total. The van der Waals surface area contributed by atoms with Crippen molar-refractivity contribution in [1.82, 2.24) is 15.3 Å². The number of nitrogens with zero attached hydrogens (tertiary/aromatic N) is 3. The molecule has 0 saturated heterocycles. The topological polar surface area (TPSA) is 50.2 Å². The predicted octanol–water partition coefficient (Wildman–Crippen LogP) is 0.215. The van der Waals surface area contributed by atoms with Gasteiger partial charge in [-0.2, -0.15) is 0 Å². The molecule has 0 amide bonds. The van der Waals surface area contributed by atoms with Gasteiger partial charge in [0.1, 0.15) is 17.9 Å². The molecular formula is C8H10N4. The minimum atomic E-state index is 0.426. The first-order valence-corrected chi connectivity index (χ1v) is 3.93. The standard InChI is InChI=1S/C8H10N4/c1-6-4-10-8(12-6)7-2-3-9-5-11-7/h2-3,5-6H,4H2,1H3,(H,10,12). The molecule has 0 radical (unpaired) electrons. The fraction of sp³-hybridized carbons (Fsp3) is 0.375. The van der Waals surface area contributed by atoms with Gasteiger partial charge in [-0.05, 0) is 13.0 Å². The summed E-state index contributed by atoms with van der Waals surface area (Å²) in [5.74, 6) is 0.880. The van der Waals surface area contributed by atoms with Crippen LogP contribution in [0.2, 0.25) is 0 Å². The summed E-state index contributed by atoms with van der Waals surface area (Å²) in [5, 5.41) is 3.23. The third-order valence-corrected chi connectivity index (χ3v) is 1.73. The summed E-state index contributed by atoms with van der Waals surface area (Å²) >= 11 is 0. The fourth-order valence-electron chi connectivity index (χ4n) is 1.14. The summed E-state index contributed by atoms with van der Waals surface area (Å²) in [7, 11) is 0. The molecular weight excluding hydrogens is 152 g/mol. The van der Waals surface area contributed by atoms with Crippen molar-refractivity contribution in [2.24, 2.45) is 4.99 Å². The summed E-state index contributed by atoms with van der Waals surface area (Å²) in [6.07, 6.45) is 3.25. The second-order valence-electron chi connectivity index (χ2n) is 2.83. The van der Waals surface area contributed by atoms with Gasteiger partial charge in [-0.3, -0.25) is 4.99 Å². The lowest BCUT2D eigenvalue weighted by molar-refractivity contribution is 0.725. The molecule has 2 rings (SSSR count). The Labute approximate surface area is 70.8 Å². The number of rotatable bonds is 1. The molecule has 1 aliphatic heterocycles. The Balaban J connectivity index is 2.22. The van der Waals surface area contributed by atoms with E-state index in [1.807, 2.05) is 6.07 Å². The molecule has 0 bridgehead atoms. The highest BCUT2D eigenvalue weighted by atomic mass is 15.1. The van der Waals surface area contributed by atoms with Crippen LogP contribution in [0.15, 0.2) is 23.6 Å². The minimum Gasteiger partial charge on any atom is -0.364 e. The molecule has 1 aromatic rings. The van der Waals surface area contributed by atoms with Gasteiger partial charge in [0, 0.05) is 12.2 Å². The summed E-state index contributed by atoms with van der Waals surface area (Å²) < 4.78 is 0. The fourth-order valence-corrected chi connectivity index (χ4v) is 1.14. The van der Waals surface area contributed by atoms with E-state index in [0.717, 1.165) is 18.1 Å². The lowest BCUT2D eigenvalue weighted by Crippen LogP contribution is -2.28. The van der Waals surface area contributed by atoms with E-state index in [2.05, 4.69) is 27.2 Å². The second-order valence-corrected chi connectivity index (χ2v) is 2.83. The van der Waals surface area contributed by atoms with Gasteiger partial charge in [-0.1, -0.05) is 0 Å². The van der Waals surface area contributed by atoms with Crippen LogP contribution in [0.5, 0.6) is 0 Å². The molecule has 62 valence electrons. The molecule has 0 spiro atoms. The monoisotopic (exact) mass is 162 g/mol. The Morgan fingerprint density at radius 2 is 2.50 bits per heavy atom. The van der Waals surface area contributed by atoms with E-state index in [1.54, 1.807) is 6.20 Å². The van der Waals surface area contributed by atoms with Gasteiger partial charge in [-0.25, -0.2) is 9.97 Å². The van der Waals surface area contributed by atoms with Crippen LogP contribution in [-0.2, 0) is 0 Å². The molecule has 0 saturated carbocycles. The molecule has 0 fully saturated rings. The van der Waals surface area contributed by atoms with Crippen LogP contribution in [0.4, 0.5) is 0 Å². The number of aliphatic imine (C=N–C) groups is 1. The molecule has 1 unspecified atom stereocenters. The van der Waals surface area contributed by atoms with Crippen LogP contribution in [0.25, 0.3) is 0 Å². The van der Waals surface area contributed by atoms with Crippen molar-refractivity contribution in [1.29, 1.82) is 0 Å². The third-order valence-electron chi connectivity index (χ3n) is 1.73. The molecule has 1 N–H and O–H groups in total. The van der Waals surface area contributed by atoms with E-state index in [4.69, 9.17) is 0 Å². The SMILES string of the molecule is CC1CN=C(c2ccncn2)N1. The number of amidine groups is 1. The molecule has 1 aliphatic rings. The van der Waals surface area contributed by atoms with Crippen molar-refractivity contribution in [2.45, 2.75) is 13.0 Å². The van der Waals surface area contributed by atoms with Crippen LogP contribution >= 0.6 is 0 Å². The predicted molar refractivity (Wildman–Crippen MR) is 46.0 cm³/mol. The molecule has 0 aromatic carbocycles. The Morgan fingerprint density at radius 3 is 3.08 bits per heavy atom. The summed E-state index contributed by atoms with van der Waals surface area (Å²) in [5.41, 5.74) is 0.870. The summed E-state index contributed by atoms with van der Waals surface area (Å²) in [6, 6.07) is 2.28. The van der Waals surface area contributed by atoms with Crippen LogP contribution in [0.3, 0.4) is 0 Å². The van der Waals surface area contributed by atoms with Gasteiger partial charge < -0.3 is 5.32 Å². The molecule has 4 heteroatoms. The zero-order chi connectivity index (χ0) is 8.39. The molecule has 1 atom stereocenters. The summed E-state index contributed by atoms with van der Waals surface area (Å²) in [6.45, 7) is 2.93. The van der Waals surface area contributed by atoms with Crippen molar-refractivity contribution in [3.8, 4) is 0 Å². The molecule has 0 aliphatic carbocycles. The Bertz CT molecular complexity index is 293. The van der Waals surface area contributed by atoms with Gasteiger partial charge in [0.15, 0.2) is 0 Å². The average molecular weight is 162 g/mol. The smallest absolute Gasteiger partial charge is 0.147 e. The molecule has 1 aromatic heterocycles. The minimum absolute atomic E-state index is 0.426. The zero-order valence-corrected chi connectivity index (χ0v) is 6.86. The summed E-state index contributed by atoms with van der Waals surface area (Å²) in [4.78, 5) is 12.2. The van der Waals surface area contributed by atoms with Crippen molar-refractivity contribution >= 4 is 5.84 Å². The number of aromatic nitrogens is 2. The lowest BCUT2D eigenvalue weighted by Gasteiger charge is -2.03. The largest absolute Gasteiger partial charge is 0.364 e. The highest BCUT2D eigenvalue weighted by molar-refractivity contribution is 5.98. The van der Waals surface area contributed by atoms with Gasteiger partial charge in [-0.15, -0.1) is 0 Å². The first kappa shape index (κ1) is 7.21. The van der Waals surface area contributed by atoms with Crippen molar-refractivity contribution in [3.63, 3.8) is 0 Å². The van der Waals surface area contributed by atoms with E-state index < -0.39 is 0 Å². The Morgan fingerprint density at radius 1 is 1.58 bits per heavy atom. The quantitative estimate of drug-likeness (QED) is 0.642. The van der Waals surface area contributed by atoms with Crippen molar-refractivity contribution < 1.29 is 0 Å². The van der Waals surface area contributed by atoms with E-state index in [9.17, 15) is 0 Å². The van der Waals surface area contributed by atoms with Crippen molar-refractivity contribution in [2.75, 3.05) is 6.54 Å². The maximum absolute atomic E-state index is 4.30. The van der Waals surface area contributed by atoms with E-state index in [-0.39, 0.29) is 0 Å². The number of hydrogen-bond acceptors (Lipinski definition) is 4. The van der Waals surface area contributed by atoms with Gasteiger partial charge >= 0.3 is 0 Å². The number of nitrogens with one attached hydrogen (secondary N) is 1. The van der Waals surface area contributed by atoms with E-state index >= 15 is 0 Å². The molecule has 12 heavy (non-hydrogen) atoms. The lowest BCUT2D eigenvalue weighted by atomic mass is 10.3. The highest BCUT2D eigenvalue weighted by Crippen LogP contribution is 2.01. The average Bonchev–Trinajstić information content (AvgIpc) is 2.54. The van der Waals surface area contributed by atoms with Crippen molar-refractivity contribution in [3.05, 3.63) is 24.3 Å². The highest BCUT2D eigenvalue weighted by Gasteiger charge is 2.14.